The second-order valence-corrected chi connectivity index (χ2v) is 4.20. The van der Waals surface area contributed by atoms with Gasteiger partial charge in [-0.2, -0.15) is 15.0 Å². The molecule has 3 nitrogen and oxygen atoms in total. The van der Waals surface area contributed by atoms with Crippen molar-refractivity contribution in [1.29, 1.82) is 0 Å². The molecular formula is C10H12BrN3. The minimum Gasteiger partial charge on any atom is -0.184 e. The van der Waals surface area contributed by atoms with Crippen LogP contribution in [0.4, 0.5) is 0 Å². The molecule has 1 aromatic heterocycles. The molecule has 0 radical (unpaired) electrons. The molecule has 0 spiro atoms. The SMILES string of the molecule is CCCCn1nc2ccc(Br)cc2n1. The van der Waals surface area contributed by atoms with Crippen LogP contribution in [0.1, 0.15) is 19.8 Å². The van der Waals surface area contributed by atoms with E-state index in [2.05, 4.69) is 33.1 Å². The predicted molar refractivity (Wildman–Crippen MR) is 60.1 cm³/mol. The van der Waals surface area contributed by atoms with Crippen molar-refractivity contribution >= 4 is 27.0 Å². The van der Waals surface area contributed by atoms with Gasteiger partial charge in [-0.1, -0.05) is 29.3 Å². The zero-order chi connectivity index (χ0) is 9.97. The van der Waals surface area contributed by atoms with Crippen molar-refractivity contribution < 1.29 is 0 Å². The Morgan fingerprint density at radius 1 is 1.29 bits per heavy atom. The van der Waals surface area contributed by atoms with Gasteiger partial charge in [0.05, 0.1) is 6.54 Å². The maximum atomic E-state index is 4.39. The smallest absolute Gasteiger partial charge is 0.114 e. The van der Waals surface area contributed by atoms with E-state index < -0.39 is 0 Å². The highest BCUT2D eigenvalue weighted by atomic mass is 79.9. The molecule has 0 bridgehead atoms. The first kappa shape index (κ1) is 9.65. The third-order valence-corrected chi connectivity index (χ3v) is 2.59. The Morgan fingerprint density at radius 3 is 2.86 bits per heavy atom. The second kappa shape index (κ2) is 4.09. The van der Waals surface area contributed by atoms with Crippen LogP contribution in [0.5, 0.6) is 0 Å². The maximum Gasteiger partial charge on any atom is 0.114 e. The summed E-state index contributed by atoms with van der Waals surface area (Å²) in [6.07, 6.45) is 2.30. The number of fused-ring (bicyclic) bond motifs is 1. The van der Waals surface area contributed by atoms with Crippen LogP contribution >= 0.6 is 15.9 Å². The van der Waals surface area contributed by atoms with Crippen LogP contribution in [0, 0.1) is 0 Å². The van der Waals surface area contributed by atoms with Gasteiger partial charge in [-0.25, -0.2) is 0 Å². The summed E-state index contributed by atoms with van der Waals surface area (Å²) in [6, 6.07) is 5.96. The third kappa shape index (κ3) is 1.95. The highest BCUT2D eigenvalue weighted by Crippen LogP contribution is 2.16. The van der Waals surface area contributed by atoms with E-state index in [4.69, 9.17) is 0 Å². The fourth-order valence-electron chi connectivity index (χ4n) is 1.33. The van der Waals surface area contributed by atoms with Crippen LogP contribution in [-0.4, -0.2) is 15.0 Å². The summed E-state index contributed by atoms with van der Waals surface area (Å²) in [5.41, 5.74) is 1.92. The highest BCUT2D eigenvalue weighted by molar-refractivity contribution is 9.10. The van der Waals surface area contributed by atoms with Crippen LogP contribution < -0.4 is 0 Å². The predicted octanol–water partition coefficient (Wildman–Crippen LogP) is 2.99. The molecule has 0 amide bonds. The van der Waals surface area contributed by atoms with E-state index in [9.17, 15) is 0 Å². The summed E-state index contributed by atoms with van der Waals surface area (Å²) in [6.45, 7) is 3.07. The topological polar surface area (TPSA) is 30.7 Å². The van der Waals surface area contributed by atoms with E-state index >= 15 is 0 Å². The van der Waals surface area contributed by atoms with Crippen LogP contribution in [0.15, 0.2) is 22.7 Å². The number of aromatic nitrogens is 3. The molecule has 2 rings (SSSR count). The summed E-state index contributed by atoms with van der Waals surface area (Å²) in [5.74, 6) is 0. The lowest BCUT2D eigenvalue weighted by atomic mass is 10.3. The van der Waals surface area contributed by atoms with Crippen LogP contribution in [0.25, 0.3) is 11.0 Å². The standard InChI is InChI=1S/C10H12BrN3/c1-2-3-6-14-12-9-5-4-8(11)7-10(9)13-14/h4-5,7H,2-3,6H2,1H3. The van der Waals surface area contributed by atoms with Gasteiger partial charge in [-0.15, -0.1) is 0 Å². The molecule has 0 fully saturated rings. The molecule has 0 aliphatic rings. The number of nitrogens with zero attached hydrogens (tertiary/aromatic N) is 3. The normalized spacial score (nSPS) is 11.0. The average molecular weight is 254 g/mol. The molecule has 74 valence electrons. The lowest BCUT2D eigenvalue weighted by molar-refractivity contribution is 0.514. The van der Waals surface area contributed by atoms with Gasteiger partial charge < -0.3 is 0 Å². The summed E-state index contributed by atoms with van der Waals surface area (Å²) in [7, 11) is 0. The summed E-state index contributed by atoms with van der Waals surface area (Å²) in [4.78, 5) is 1.78. The summed E-state index contributed by atoms with van der Waals surface area (Å²) in [5, 5.41) is 8.76. The minimum absolute atomic E-state index is 0.906. The lowest BCUT2D eigenvalue weighted by Gasteiger charge is -1.94. The zero-order valence-electron chi connectivity index (χ0n) is 8.07. The molecular weight excluding hydrogens is 242 g/mol. The summed E-state index contributed by atoms with van der Waals surface area (Å²) < 4.78 is 1.05. The lowest BCUT2D eigenvalue weighted by Crippen LogP contribution is -2.01. The Labute approximate surface area is 91.2 Å². The van der Waals surface area contributed by atoms with Crippen molar-refractivity contribution in [3.63, 3.8) is 0 Å². The monoisotopic (exact) mass is 253 g/mol. The maximum absolute atomic E-state index is 4.39. The van der Waals surface area contributed by atoms with Gasteiger partial charge >= 0.3 is 0 Å². The number of benzene rings is 1. The Bertz CT molecular complexity index is 436. The summed E-state index contributed by atoms with van der Waals surface area (Å²) >= 11 is 3.42. The first-order valence-corrected chi connectivity index (χ1v) is 5.59. The number of halogens is 1. The van der Waals surface area contributed by atoms with E-state index in [1.807, 2.05) is 18.2 Å². The van der Waals surface area contributed by atoms with Crippen molar-refractivity contribution in [3.05, 3.63) is 22.7 Å². The quantitative estimate of drug-likeness (QED) is 0.842. The number of hydrogen-bond acceptors (Lipinski definition) is 2. The van der Waals surface area contributed by atoms with Crippen molar-refractivity contribution in [2.24, 2.45) is 0 Å². The highest BCUT2D eigenvalue weighted by Gasteiger charge is 2.01. The molecule has 0 aliphatic heterocycles. The number of unbranched alkanes of at least 4 members (excludes halogenated alkanes) is 1. The van der Waals surface area contributed by atoms with Gasteiger partial charge in [-0.05, 0) is 24.6 Å². The van der Waals surface area contributed by atoms with E-state index in [-0.39, 0.29) is 0 Å². The van der Waals surface area contributed by atoms with Gasteiger partial charge in [0.2, 0.25) is 0 Å². The molecule has 1 heterocycles. The van der Waals surface area contributed by atoms with Crippen LogP contribution in [0.3, 0.4) is 0 Å². The first-order valence-electron chi connectivity index (χ1n) is 4.80. The van der Waals surface area contributed by atoms with Crippen LogP contribution in [0.2, 0.25) is 0 Å². The van der Waals surface area contributed by atoms with Crippen molar-refractivity contribution in [3.8, 4) is 0 Å². The minimum atomic E-state index is 0.906. The molecule has 0 unspecified atom stereocenters. The molecule has 0 saturated carbocycles. The number of hydrogen-bond donors (Lipinski definition) is 0. The molecule has 0 atom stereocenters. The Kier molecular flexibility index (Phi) is 2.82. The van der Waals surface area contributed by atoms with E-state index in [1.54, 1.807) is 4.80 Å². The fourth-order valence-corrected chi connectivity index (χ4v) is 1.68. The molecule has 0 aliphatic carbocycles. The zero-order valence-corrected chi connectivity index (χ0v) is 9.66. The Hall–Kier alpha value is -0.900. The van der Waals surface area contributed by atoms with Gasteiger partial charge in [0.25, 0.3) is 0 Å². The third-order valence-electron chi connectivity index (χ3n) is 2.10. The van der Waals surface area contributed by atoms with Gasteiger partial charge in [0.15, 0.2) is 0 Å². The molecule has 4 heteroatoms. The van der Waals surface area contributed by atoms with Crippen LogP contribution in [-0.2, 0) is 6.54 Å². The average Bonchev–Trinajstić information content (AvgIpc) is 2.56. The first-order chi connectivity index (χ1) is 6.79. The second-order valence-electron chi connectivity index (χ2n) is 3.28. The van der Waals surface area contributed by atoms with Crippen molar-refractivity contribution in [2.75, 3.05) is 0 Å². The van der Waals surface area contributed by atoms with E-state index in [1.165, 1.54) is 6.42 Å². The molecule has 2 aromatic rings. The van der Waals surface area contributed by atoms with Crippen molar-refractivity contribution in [1.82, 2.24) is 15.0 Å². The molecule has 0 N–H and O–H groups in total. The van der Waals surface area contributed by atoms with E-state index in [0.29, 0.717) is 0 Å². The molecule has 1 aromatic carbocycles. The van der Waals surface area contributed by atoms with E-state index in [0.717, 1.165) is 28.5 Å². The van der Waals surface area contributed by atoms with Gasteiger partial charge in [-0.3, -0.25) is 0 Å². The fraction of sp³-hybridized carbons (Fsp3) is 0.400. The number of aryl methyl sites for hydroxylation is 1. The number of rotatable bonds is 3. The Balaban J connectivity index is 2.32. The van der Waals surface area contributed by atoms with Gasteiger partial charge in [0.1, 0.15) is 11.0 Å². The largest absolute Gasteiger partial charge is 0.184 e. The Morgan fingerprint density at radius 2 is 2.07 bits per heavy atom. The molecule has 0 saturated heterocycles. The van der Waals surface area contributed by atoms with Crippen molar-refractivity contribution in [2.45, 2.75) is 26.3 Å². The molecule has 14 heavy (non-hydrogen) atoms. The van der Waals surface area contributed by atoms with Gasteiger partial charge in [0, 0.05) is 4.47 Å².